The molecule has 1 aromatic rings. The Kier molecular flexibility index (Phi) is 6.45. The molecular weight excluding hydrogens is 316 g/mol. The topological polar surface area (TPSA) is 58.6 Å². The van der Waals surface area contributed by atoms with Crippen LogP contribution in [-0.4, -0.2) is 41.4 Å². The van der Waals surface area contributed by atoms with Gasteiger partial charge in [0.2, 0.25) is 5.91 Å². The van der Waals surface area contributed by atoms with Crippen LogP contribution in [-0.2, 0) is 4.79 Å². The number of carbonyl (C=O) groups excluding carboxylic acids is 2. The largest absolute Gasteiger partial charge is 0.494 e. The van der Waals surface area contributed by atoms with Gasteiger partial charge in [-0.3, -0.25) is 9.59 Å². The summed E-state index contributed by atoms with van der Waals surface area (Å²) in [6, 6.07) is 6.96. The summed E-state index contributed by atoms with van der Waals surface area (Å²) in [5, 5.41) is 2.93. The summed E-state index contributed by atoms with van der Waals surface area (Å²) in [7, 11) is 0. The van der Waals surface area contributed by atoms with E-state index in [4.69, 9.17) is 4.74 Å². The minimum Gasteiger partial charge on any atom is -0.494 e. The third-order valence-corrected chi connectivity index (χ3v) is 4.40. The number of nitrogens with one attached hydrogen (secondary N) is 1. The molecule has 25 heavy (non-hydrogen) atoms. The fourth-order valence-electron chi connectivity index (χ4n) is 2.98. The van der Waals surface area contributed by atoms with Crippen molar-refractivity contribution in [3.63, 3.8) is 0 Å². The van der Waals surface area contributed by atoms with Crippen molar-refractivity contribution >= 4 is 11.8 Å². The van der Waals surface area contributed by atoms with E-state index in [0.717, 1.165) is 18.6 Å². The van der Waals surface area contributed by atoms with Crippen LogP contribution < -0.4 is 10.1 Å². The highest BCUT2D eigenvalue weighted by Crippen LogP contribution is 2.30. The molecule has 1 unspecified atom stereocenters. The van der Waals surface area contributed by atoms with Gasteiger partial charge in [0.15, 0.2) is 0 Å². The van der Waals surface area contributed by atoms with Gasteiger partial charge in [-0.2, -0.15) is 0 Å². The molecule has 5 nitrogen and oxygen atoms in total. The minimum atomic E-state index is -0.512. The van der Waals surface area contributed by atoms with Gasteiger partial charge in [-0.15, -0.1) is 0 Å². The SMILES string of the molecule is CCOc1ccc(C(=O)NC(C(=O)N(C(C)C)C2CC2)C(C)C)cc1. The number of hydrogen-bond donors (Lipinski definition) is 1. The molecule has 1 fully saturated rings. The average molecular weight is 346 g/mol. The van der Waals surface area contributed by atoms with Crippen LogP contribution in [0.15, 0.2) is 24.3 Å². The first-order valence-corrected chi connectivity index (χ1v) is 9.21. The van der Waals surface area contributed by atoms with Gasteiger partial charge in [-0.05, 0) is 63.8 Å². The Bertz CT molecular complexity index is 589. The molecular formula is C20H30N2O3. The molecule has 0 aromatic heterocycles. The first-order chi connectivity index (χ1) is 11.8. The summed E-state index contributed by atoms with van der Waals surface area (Å²) in [4.78, 5) is 27.5. The van der Waals surface area contributed by atoms with Crippen molar-refractivity contribution in [2.75, 3.05) is 6.61 Å². The Morgan fingerprint density at radius 2 is 1.76 bits per heavy atom. The van der Waals surface area contributed by atoms with Crippen LogP contribution in [0, 0.1) is 5.92 Å². The van der Waals surface area contributed by atoms with E-state index in [1.807, 2.05) is 39.5 Å². The zero-order chi connectivity index (χ0) is 18.6. The Morgan fingerprint density at radius 1 is 1.16 bits per heavy atom. The molecule has 1 aromatic carbocycles. The van der Waals surface area contributed by atoms with Gasteiger partial charge in [0.1, 0.15) is 11.8 Å². The molecule has 0 bridgehead atoms. The molecule has 5 heteroatoms. The van der Waals surface area contributed by atoms with Gasteiger partial charge in [-0.1, -0.05) is 13.8 Å². The summed E-state index contributed by atoms with van der Waals surface area (Å²) in [6.45, 7) is 10.5. The molecule has 1 atom stereocenters. The van der Waals surface area contributed by atoms with Crippen LogP contribution in [0.2, 0.25) is 0 Å². The third kappa shape index (κ3) is 4.97. The Labute approximate surface area is 150 Å². The van der Waals surface area contributed by atoms with Crippen molar-refractivity contribution in [1.82, 2.24) is 10.2 Å². The first kappa shape index (κ1) is 19.3. The zero-order valence-electron chi connectivity index (χ0n) is 15.9. The number of amides is 2. The second kappa shape index (κ2) is 8.37. The zero-order valence-corrected chi connectivity index (χ0v) is 15.9. The van der Waals surface area contributed by atoms with Gasteiger partial charge < -0.3 is 15.0 Å². The highest BCUT2D eigenvalue weighted by Gasteiger charge is 2.38. The summed E-state index contributed by atoms with van der Waals surface area (Å²) in [5.41, 5.74) is 0.532. The van der Waals surface area contributed by atoms with Crippen LogP contribution in [0.1, 0.15) is 57.8 Å². The van der Waals surface area contributed by atoms with Gasteiger partial charge in [0, 0.05) is 17.6 Å². The highest BCUT2D eigenvalue weighted by atomic mass is 16.5. The number of benzene rings is 1. The smallest absolute Gasteiger partial charge is 0.251 e. The van der Waals surface area contributed by atoms with Crippen molar-refractivity contribution in [3.05, 3.63) is 29.8 Å². The Balaban J connectivity index is 2.09. The van der Waals surface area contributed by atoms with Gasteiger partial charge in [-0.25, -0.2) is 0 Å². The fourth-order valence-corrected chi connectivity index (χ4v) is 2.98. The van der Waals surface area contributed by atoms with Crippen molar-refractivity contribution < 1.29 is 14.3 Å². The Hall–Kier alpha value is -2.04. The summed E-state index contributed by atoms with van der Waals surface area (Å²) in [6.07, 6.45) is 2.11. The second-order valence-corrected chi connectivity index (χ2v) is 7.22. The van der Waals surface area contributed by atoms with Gasteiger partial charge in [0.05, 0.1) is 6.61 Å². The molecule has 0 radical (unpaired) electrons. The standard InChI is InChI=1S/C20H30N2O3/c1-6-25-17-11-7-15(8-12-17)19(23)21-18(13(2)3)20(24)22(14(4)5)16-9-10-16/h7-8,11-14,16,18H,6,9-10H2,1-5H3,(H,21,23). The summed E-state index contributed by atoms with van der Waals surface area (Å²) < 4.78 is 5.40. The first-order valence-electron chi connectivity index (χ1n) is 9.21. The predicted octanol–water partition coefficient (Wildman–Crippen LogP) is 3.24. The monoisotopic (exact) mass is 346 g/mol. The van der Waals surface area contributed by atoms with Crippen LogP contribution in [0.3, 0.4) is 0 Å². The summed E-state index contributed by atoms with van der Waals surface area (Å²) in [5.74, 6) is 0.552. The molecule has 0 spiro atoms. The maximum Gasteiger partial charge on any atom is 0.251 e. The molecule has 2 rings (SSSR count). The van der Waals surface area contributed by atoms with Crippen LogP contribution >= 0.6 is 0 Å². The molecule has 1 aliphatic carbocycles. The molecule has 0 aliphatic heterocycles. The number of ether oxygens (including phenoxy) is 1. The lowest BCUT2D eigenvalue weighted by Gasteiger charge is -2.32. The average Bonchev–Trinajstić information content (AvgIpc) is 3.37. The lowest BCUT2D eigenvalue weighted by Crippen LogP contribution is -2.53. The lowest BCUT2D eigenvalue weighted by molar-refractivity contribution is -0.136. The van der Waals surface area contributed by atoms with E-state index < -0.39 is 6.04 Å². The highest BCUT2D eigenvalue weighted by molar-refractivity contribution is 5.97. The third-order valence-electron chi connectivity index (χ3n) is 4.40. The quantitative estimate of drug-likeness (QED) is 0.786. The van der Waals surface area contributed by atoms with E-state index in [-0.39, 0.29) is 23.8 Å². The van der Waals surface area contributed by atoms with E-state index in [1.54, 1.807) is 24.3 Å². The molecule has 1 N–H and O–H groups in total. The number of nitrogens with zero attached hydrogens (tertiary/aromatic N) is 1. The maximum absolute atomic E-state index is 13.0. The fraction of sp³-hybridized carbons (Fsp3) is 0.600. The van der Waals surface area contributed by atoms with E-state index >= 15 is 0 Å². The maximum atomic E-state index is 13.0. The molecule has 2 amide bonds. The predicted molar refractivity (Wildman–Crippen MR) is 98.7 cm³/mol. The second-order valence-electron chi connectivity index (χ2n) is 7.22. The van der Waals surface area contributed by atoms with E-state index in [0.29, 0.717) is 18.2 Å². The lowest BCUT2D eigenvalue weighted by atomic mass is 10.0. The molecule has 0 saturated heterocycles. The van der Waals surface area contributed by atoms with Gasteiger partial charge >= 0.3 is 0 Å². The van der Waals surface area contributed by atoms with Gasteiger partial charge in [0.25, 0.3) is 5.91 Å². The van der Waals surface area contributed by atoms with E-state index in [2.05, 4.69) is 5.32 Å². The van der Waals surface area contributed by atoms with E-state index in [1.165, 1.54) is 0 Å². The van der Waals surface area contributed by atoms with E-state index in [9.17, 15) is 9.59 Å². The Morgan fingerprint density at radius 3 is 2.20 bits per heavy atom. The number of carbonyl (C=O) groups is 2. The van der Waals surface area contributed by atoms with Crippen LogP contribution in [0.25, 0.3) is 0 Å². The number of rotatable bonds is 8. The molecule has 1 aliphatic rings. The molecule has 0 heterocycles. The molecule has 1 saturated carbocycles. The minimum absolute atomic E-state index is 0.0202. The van der Waals surface area contributed by atoms with Crippen LogP contribution in [0.5, 0.6) is 5.75 Å². The van der Waals surface area contributed by atoms with Crippen molar-refractivity contribution in [2.24, 2.45) is 5.92 Å². The molecule has 138 valence electrons. The van der Waals surface area contributed by atoms with Crippen molar-refractivity contribution in [1.29, 1.82) is 0 Å². The summed E-state index contributed by atoms with van der Waals surface area (Å²) >= 11 is 0. The van der Waals surface area contributed by atoms with Crippen LogP contribution in [0.4, 0.5) is 0 Å². The van der Waals surface area contributed by atoms with Crippen molar-refractivity contribution in [2.45, 2.75) is 65.6 Å². The van der Waals surface area contributed by atoms with Crippen molar-refractivity contribution in [3.8, 4) is 5.75 Å². The normalized spacial score (nSPS) is 15.2. The number of hydrogen-bond acceptors (Lipinski definition) is 3.